The monoisotopic (exact) mass is 376 g/mol. The van der Waals surface area contributed by atoms with Gasteiger partial charge in [-0.2, -0.15) is 0 Å². The number of nitrogens with zero attached hydrogens (tertiary/aromatic N) is 1. The number of hydrogen-bond donors (Lipinski definition) is 1. The Morgan fingerprint density at radius 3 is 2.78 bits per heavy atom. The standard InChI is InChI=1S/C13H17IN2OS/c1-16(2)11(12-4-3-7-18-12)9-15-8-10-5-6-13(14)17-10/h3-7,11,15H,8-9H2,1-2H3. The Hall–Kier alpha value is -0.370. The second-order valence-electron chi connectivity index (χ2n) is 4.33. The van der Waals surface area contributed by atoms with Crippen molar-refractivity contribution >= 4 is 33.9 Å². The minimum atomic E-state index is 0.416. The van der Waals surface area contributed by atoms with Crippen LogP contribution in [-0.4, -0.2) is 25.5 Å². The summed E-state index contributed by atoms with van der Waals surface area (Å²) in [5, 5.41) is 5.58. The number of thiophene rings is 1. The molecule has 98 valence electrons. The number of nitrogens with one attached hydrogen (secondary N) is 1. The van der Waals surface area contributed by atoms with E-state index >= 15 is 0 Å². The van der Waals surface area contributed by atoms with Crippen molar-refractivity contribution in [3.63, 3.8) is 0 Å². The van der Waals surface area contributed by atoms with Gasteiger partial charge in [-0.05, 0) is 60.3 Å². The number of likely N-dealkylation sites (N-methyl/N-ethyl adjacent to an activating group) is 1. The summed E-state index contributed by atoms with van der Waals surface area (Å²) in [7, 11) is 4.23. The molecule has 1 N–H and O–H groups in total. The largest absolute Gasteiger partial charge is 0.454 e. The number of hydrogen-bond acceptors (Lipinski definition) is 4. The van der Waals surface area contributed by atoms with Gasteiger partial charge in [0.25, 0.3) is 0 Å². The Kier molecular flexibility index (Phi) is 5.23. The average molecular weight is 376 g/mol. The number of rotatable bonds is 6. The molecule has 0 aliphatic carbocycles. The molecule has 0 fully saturated rings. The van der Waals surface area contributed by atoms with Crippen LogP contribution >= 0.6 is 33.9 Å². The second kappa shape index (κ2) is 6.70. The van der Waals surface area contributed by atoms with Gasteiger partial charge in [0.2, 0.25) is 0 Å². The predicted molar refractivity (Wildman–Crippen MR) is 83.9 cm³/mol. The first-order valence-electron chi connectivity index (χ1n) is 5.81. The molecule has 18 heavy (non-hydrogen) atoms. The van der Waals surface area contributed by atoms with E-state index in [-0.39, 0.29) is 0 Å². The van der Waals surface area contributed by atoms with Crippen molar-refractivity contribution < 1.29 is 4.42 Å². The Morgan fingerprint density at radius 2 is 2.22 bits per heavy atom. The first-order valence-corrected chi connectivity index (χ1v) is 7.77. The van der Waals surface area contributed by atoms with Crippen LogP contribution in [0.2, 0.25) is 0 Å². The molecule has 0 aromatic carbocycles. The Bertz CT molecular complexity index is 467. The summed E-state index contributed by atoms with van der Waals surface area (Å²) in [5.41, 5.74) is 0. The maximum Gasteiger partial charge on any atom is 0.164 e. The van der Waals surface area contributed by atoms with E-state index < -0.39 is 0 Å². The van der Waals surface area contributed by atoms with Gasteiger partial charge in [-0.3, -0.25) is 0 Å². The van der Waals surface area contributed by atoms with E-state index in [1.54, 1.807) is 11.3 Å². The summed E-state index contributed by atoms with van der Waals surface area (Å²) >= 11 is 3.99. The Balaban J connectivity index is 1.87. The summed E-state index contributed by atoms with van der Waals surface area (Å²) < 4.78 is 6.47. The van der Waals surface area contributed by atoms with Gasteiger partial charge in [0.15, 0.2) is 3.77 Å². The zero-order chi connectivity index (χ0) is 13.0. The lowest BCUT2D eigenvalue weighted by Gasteiger charge is -2.23. The average Bonchev–Trinajstić information content (AvgIpc) is 2.95. The molecule has 0 aliphatic heterocycles. The normalized spacial score (nSPS) is 13.1. The summed E-state index contributed by atoms with van der Waals surface area (Å²) in [5.74, 6) is 0.989. The van der Waals surface area contributed by atoms with Crippen LogP contribution in [0.1, 0.15) is 16.7 Å². The zero-order valence-corrected chi connectivity index (χ0v) is 13.5. The quantitative estimate of drug-likeness (QED) is 0.784. The van der Waals surface area contributed by atoms with Crippen LogP contribution in [0.3, 0.4) is 0 Å². The molecule has 0 spiro atoms. The van der Waals surface area contributed by atoms with E-state index in [2.05, 4.69) is 64.4 Å². The predicted octanol–water partition coefficient (Wildman–Crippen LogP) is 3.34. The van der Waals surface area contributed by atoms with Gasteiger partial charge >= 0.3 is 0 Å². The second-order valence-corrected chi connectivity index (χ2v) is 6.37. The number of halogens is 1. The van der Waals surface area contributed by atoms with Crippen LogP contribution < -0.4 is 5.32 Å². The van der Waals surface area contributed by atoms with Crippen LogP contribution in [0.25, 0.3) is 0 Å². The molecule has 0 bridgehead atoms. The van der Waals surface area contributed by atoms with Gasteiger partial charge in [0.05, 0.1) is 12.6 Å². The number of furan rings is 1. The molecule has 2 heterocycles. The van der Waals surface area contributed by atoms with Crippen molar-refractivity contribution in [3.05, 3.63) is 44.0 Å². The summed E-state index contributed by atoms with van der Waals surface area (Å²) in [6.45, 7) is 1.70. The smallest absolute Gasteiger partial charge is 0.164 e. The Morgan fingerprint density at radius 1 is 1.39 bits per heavy atom. The summed E-state index contributed by atoms with van der Waals surface area (Å²) in [4.78, 5) is 3.63. The van der Waals surface area contributed by atoms with Gasteiger partial charge in [-0.1, -0.05) is 6.07 Å². The molecule has 0 aliphatic rings. The minimum absolute atomic E-state index is 0.416. The Labute approximate surface area is 125 Å². The van der Waals surface area contributed by atoms with E-state index in [4.69, 9.17) is 4.42 Å². The van der Waals surface area contributed by atoms with Crippen molar-refractivity contribution in [2.75, 3.05) is 20.6 Å². The lowest BCUT2D eigenvalue weighted by atomic mass is 10.2. The molecule has 0 amide bonds. The van der Waals surface area contributed by atoms with E-state index in [1.165, 1.54) is 4.88 Å². The molecule has 1 atom stereocenters. The van der Waals surface area contributed by atoms with E-state index in [0.29, 0.717) is 6.04 Å². The van der Waals surface area contributed by atoms with Crippen LogP contribution in [0.15, 0.2) is 34.1 Å². The van der Waals surface area contributed by atoms with Gasteiger partial charge in [-0.15, -0.1) is 11.3 Å². The van der Waals surface area contributed by atoms with Crippen molar-refractivity contribution in [1.82, 2.24) is 10.2 Å². The van der Waals surface area contributed by atoms with Crippen LogP contribution in [-0.2, 0) is 6.54 Å². The topological polar surface area (TPSA) is 28.4 Å². The highest BCUT2D eigenvalue weighted by Gasteiger charge is 2.14. The van der Waals surface area contributed by atoms with Gasteiger partial charge < -0.3 is 14.6 Å². The van der Waals surface area contributed by atoms with Crippen molar-refractivity contribution in [2.45, 2.75) is 12.6 Å². The van der Waals surface area contributed by atoms with E-state index in [1.807, 2.05) is 12.1 Å². The van der Waals surface area contributed by atoms with Crippen molar-refractivity contribution in [1.29, 1.82) is 0 Å². The molecule has 0 radical (unpaired) electrons. The zero-order valence-electron chi connectivity index (χ0n) is 10.5. The first kappa shape index (κ1) is 14.0. The molecular formula is C13H17IN2OS. The van der Waals surface area contributed by atoms with Gasteiger partial charge in [0.1, 0.15) is 5.76 Å². The SMILES string of the molecule is CN(C)C(CNCc1ccc(I)o1)c1cccs1. The molecule has 0 saturated heterocycles. The molecular weight excluding hydrogens is 359 g/mol. The van der Waals surface area contributed by atoms with Crippen molar-refractivity contribution in [2.24, 2.45) is 0 Å². The fourth-order valence-electron chi connectivity index (χ4n) is 1.80. The third kappa shape index (κ3) is 3.81. The maximum atomic E-state index is 5.53. The minimum Gasteiger partial charge on any atom is -0.454 e. The van der Waals surface area contributed by atoms with Crippen LogP contribution in [0.5, 0.6) is 0 Å². The molecule has 2 aromatic rings. The molecule has 3 nitrogen and oxygen atoms in total. The molecule has 2 rings (SSSR count). The lowest BCUT2D eigenvalue weighted by molar-refractivity contribution is 0.289. The third-order valence-corrected chi connectivity index (χ3v) is 4.31. The van der Waals surface area contributed by atoms with Gasteiger partial charge in [-0.25, -0.2) is 0 Å². The maximum absolute atomic E-state index is 5.53. The highest BCUT2D eigenvalue weighted by Crippen LogP contribution is 2.22. The van der Waals surface area contributed by atoms with Crippen LogP contribution in [0.4, 0.5) is 0 Å². The fraction of sp³-hybridized carbons (Fsp3) is 0.385. The molecule has 1 unspecified atom stereocenters. The van der Waals surface area contributed by atoms with Crippen LogP contribution in [0, 0.1) is 3.77 Å². The van der Waals surface area contributed by atoms with Gasteiger partial charge in [0, 0.05) is 11.4 Å². The highest BCUT2D eigenvalue weighted by molar-refractivity contribution is 14.1. The first-order chi connectivity index (χ1) is 8.66. The molecule has 0 saturated carbocycles. The molecule has 2 aromatic heterocycles. The molecule has 5 heteroatoms. The fourth-order valence-corrected chi connectivity index (χ4v) is 3.18. The summed E-state index contributed by atoms with van der Waals surface area (Å²) in [6, 6.07) is 8.71. The van der Waals surface area contributed by atoms with E-state index in [0.717, 1.165) is 22.6 Å². The highest BCUT2D eigenvalue weighted by atomic mass is 127. The van der Waals surface area contributed by atoms with Crippen molar-refractivity contribution in [3.8, 4) is 0 Å². The van der Waals surface area contributed by atoms with E-state index in [9.17, 15) is 0 Å². The lowest BCUT2D eigenvalue weighted by Crippen LogP contribution is -2.30. The summed E-state index contributed by atoms with van der Waals surface area (Å²) in [6.07, 6.45) is 0. The third-order valence-electron chi connectivity index (χ3n) is 2.76.